The Kier molecular flexibility index (Phi) is 5.66. The van der Waals surface area contributed by atoms with Crippen LogP contribution in [0.1, 0.15) is 30.6 Å². The monoisotopic (exact) mass is 395 g/mol. The average molecular weight is 395 g/mol. The Hall–Kier alpha value is -2.52. The molecule has 2 heterocycles. The number of aromatic nitrogens is 1. The largest absolute Gasteiger partial charge is 0.477 e. The van der Waals surface area contributed by atoms with E-state index >= 15 is 4.39 Å². The van der Waals surface area contributed by atoms with Gasteiger partial charge < -0.3 is 25.0 Å². The number of aromatic carboxylic acids is 1. The van der Waals surface area contributed by atoms with Crippen LogP contribution in [0.5, 0.6) is 0 Å². The number of hydrogen-bond acceptors (Lipinski definition) is 5. The van der Waals surface area contributed by atoms with E-state index < -0.39 is 28.6 Å². The van der Waals surface area contributed by atoms with Crippen molar-refractivity contribution in [1.29, 1.82) is 0 Å². The number of rotatable bonds is 5. The number of benzene rings is 1. The number of anilines is 1. The molecule has 1 fully saturated rings. The normalized spacial score (nSPS) is 18.5. The van der Waals surface area contributed by atoms with E-state index in [2.05, 4.69) is 0 Å². The zero-order valence-electron chi connectivity index (χ0n) is 15.7. The summed E-state index contributed by atoms with van der Waals surface area (Å²) in [5, 5.41) is 8.92. The summed E-state index contributed by atoms with van der Waals surface area (Å²) >= 11 is 0. The van der Waals surface area contributed by atoms with Gasteiger partial charge in [0.1, 0.15) is 17.1 Å². The minimum Gasteiger partial charge on any atom is -0.477 e. The molecule has 2 atom stereocenters. The number of hydrogen-bond donors (Lipinski definition) is 2. The number of aryl methyl sites for hydroxylation is 1. The van der Waals surface area contributed by atoms with Crippen molar-refractivity contribution in [3.05, 3.63) is 39.7 Å². The van der Waals surface area contributed by atoms with Crippen LogP contribution in [-0.4, -0.2) is 47.5 Å². The number of fused-ring (bicyclic) bond motifs is 1. The van der Waals surface area contributed by atoms with E-state index in [4.69, 9.17) is 10.5 Å². The maximum atomic E-state index is 15.4. The summed E-state index contributed by atoms with van der Waals surface area (Å²) < 4.78 is 37.2. The van der Waals surface area contributed by atoms with Gasteiger partial charge >= 0.3 is 5.97 Å². The number of ether oxygens (including phenoxy) is 1. The van der Waals surface area contributed by atoms with Gasteiger partial charge in [0.2, 0.25) is 5.43 Å². The van der Waals surface area contributed by atoms with Gasteiger partial charge in [-0.15, -0.1) is 0 Å². The molecule has 152 valence electrons. The molecule has 1 aromatic carbocycles. The molecule has 0 spiro atoms. The van der Waals surface area contributed by atoms with Crippen molar-refractivity contribution < 1.29 is 23.4 Å². The van der Waals surface area contributed by atoms with Crippen molar-refractivity contribution in [3.63, 3.8) is 0 Å². The second-order valence-corrected chi connectivity index (χ2v) is 7.03. The predicted molar refractivity (Wildman–Crippen MR) is 101 cm³/mol. The minimum atomic E-state index is -1.44. The summed E-state index contributed by atoms with van der Waals surface area (Å²) in [5.74, 6) is -3.23. The number of carboxylic acids is 1. The van der Waals surface area contributed by atoms with Gasteiger partial charge in [0.05, 0.1) is 23.6 Å². The van der Waals surface area contributed by atoms with E-state index in [1.807, 2.05) is 6.92 Å². The fraction of sp³-hybridized carbons (Fsp3) is 0.474. The van der Waals surface area contributed by atoms with Crippen molar-refractivity contribution in [2.45, 2.75) is 39.0 Å². The highest BCUT2D eigenvalue weighted by Gasteiger charge is 2.29. The van der Waals surface area contributed by atoms with Crippen LogP contribution in [0.2, 0.25) is 0 Å². The van der Waals surface area contributed by atoms with E-state index in [1.165, 1.54) is 4.57 Å². The van der Waals surface area contributed by atoms with Crippen LogP contribution in [0.25, 0.3) is 10.9 Å². The van der Waals surface area contributed by atoms with E-state index in [0.717, 1.165) is 12.3 Å². The van der Waals surface area contributed by atoms with Crippen LogP contribution < -0.4 is 16.1 Å². The molecule has 0 amide bonds. The molecular weight excluding hydrogens is 372 g/mol. The average Bonchev–Trinajstić information content (AvgIpc) is 2.62. The highest BCUT2D eigenvalue weighted by atomic mass is 19.1. The Bertz CT molecular complexity index is 974. The quantitative estimate of drug-likeness (QED) is 0.803. The maximum Gasteiger partial charge on any atom is 0.341 e. The molecular formula is C19H23F2N3O4. The number of carboxylic acid groups (broad SMARTS) is 1. The van der Waals surface area contributed by atoms with E-state index in [0.29, 0.717) is 19.6 Å². The highest BCUT2D eigenvalue weighted by molar-refractivity contribution is 5.93. The van der Waals surface area contributed by atoms with Crippen molar-refractivity contribution in [1.82, 2.24) is 4.57 Å². The summed E-state index contributed by atoms with van der Waals surface area (Å²) in [4.78, 5) is 25.3. The second kappa shape index (κ2) is 7.84. The summed E-state index contributed by atoms with van der Waals surface area (Å²) in [6.45, 7) is 4.59. The molecule has 0 bridgehead atoms. The van der Waals surface area contributed by atoms with Gasteiger partial charge in [0.25, 0.3) is 0 Å². The predicted octanol–water partition coefficient (Wildman–Crippen LogP) is 1.94. The fourth-order valence-corrected chi connectivity index (χ4v) is 3.65. The summed E-state index contributed by atoms with van der Waals surface area (Å²) in [5.41, 5.74) is 4.02. The topological polar surface area (TPSA) is 97.8 Å². The molecule has 7 nitrogen and oxygen atoms in total. The van der Waals surface area contributed by atoms with Crippen LogP contribution >= 0.6 is 0 Å². The zero-order chi connectivity index (χ0) is 20.6. The number of pyridine rings is 1. The Morgan fingerprint density at radius 3 is 2.79 bits per heavy atom. The number of carbonyl (C=O) groups is 1. The first kappa shape index (κ1) is 20.2. The van der Waals surface area contributed by atoms with Gasteiger partial charge in [0, 0.05) is 31.9 Å². The number of halogens is 2. The number of nitrogens with zero attached hydrogens (tertiary/aromatic N) is 2. The molecule has 2 aromatic rings. The summed E-state index contributed by atoms with van der Waals surface area (Å²) in [7, 11) is 0. The summed E-state index contributed by atoms with van der Waals surface area (Å²) in [6, 6.07) is 0.806. The van der Waals surface area contributed by atoms with Crippen molar-refractivity contribution in [2.24, 2.45) is 5.73 Å². The first-order valence-corrected chi connectivity index (χ1v) is 9.15. The van der Waals surface area contributed by atoms with Gasteiger partial charge in [-0.3, -0.25) is 4.79 Å². The van der Waals surface area contributed by atoms with Gasteiger partial charge in [-0.05, 0) is 26.3 Å². The van der Waals surface area contributed by atoms with E-state index in [9.17, 15) is 19.1 Å². The molecule has 3 rings (SSSR count). The Morgan fingerprint density at radius 1 is 1.46 bits per heavy atom. The summed E-state index contributed by atoms with van der Waals surface area (Å²) in [6.07, 6.45) is 1.39. The lowest BCUT2D eigenvalue weighted by atomic mass is 10.1. The van der Waals surface area contributed by atoms with E-state index in [1.54, 1.807) is 11.8 Å². The third-order valence-corrected chi connectivity index (χ3v) is 4.89. The van der Waals surface area contributed by atoms with Gasteiger partial charge in [-0.25, -0.2) is 13.6 Å². The lowest BCUT2D eigenvalue weighted by molar-refractivity contribution is 0.0316. The van der Waals surface area contributed by atoms with Crippen LogP contribution in [-0.2, 0) is 11.3 Å². The van der Waals surface area contributed by atoms with Crippen LogP contribution in [0.4, 0.5) is 14.5 Å². The SMILES string of the molecule is CCn1cc(C(=O)O)c(=O)c2cc(F)c(N3CCOC(CC(C)N)C3)c(F)c21. The zero-order valence-corrected chi connectivity index (χ0v) is 15.7. The van der Waals surface area contributed by atoms with Crippen LogP contribution in [0, 0.1) is 11.6 Å². The molecule has 9 heteroatoms. The molecule has 1 aromatic heterocycles. The van der Waals surface area contributed by atoms with Crippen LogP contribution in [0.15, 0.2) is 17.1 Å². The second-order valence-electron chi connectivity index (χ2n) is 7.03. The molecule has 1 saturated heterocycles. The Labute approximate surface area is 160 Å². The number of morpholine rings is 1. The van der Waals surface area contributed by atoms with Gasteiger partial charge in [-0.2, -0.15) is 0 Å². The third kappa shape index (κ3) is 3.59. The Morgan fingerprint density at radius 2 is 2.18 bits per heavy atom. The first-order valence-electron chi connectivity index (χ1n) is 9.15. The molecule has 0 saturated carbocycles. The lowest BCUT2D eigenvalue weighted by Crippen LogP contribution is -2.45. The van der Waals surface area contributed by atoms with Crippen molar-refractivity contribution in [3.8, 4) is 0 Å². The first-order chi connectivity index (χ1) is 13.2. The Balaban J connectivity index is 2.16. The van der Waals surface area contributed by atoms with Gasteiger partial charge in [-0.1, -0.05) is 0 Å². The maximum absolute atomic E-state index is 15.4. The van der Waals surface area contributed by atoms with E-state index in [-0.39, 0.29) is 41.8 Å². The number of nitrogens with two attached hydrogens (primary N) is 1. The third-order valence-electron chi connectivity index (χ3n) is 4.89. The van der Waals surface area contributed by atoms with Crippen molar-refractivity contribution in [2.75, 3.05) is 24.6 Å². The van der Waals surface area contributed by atoms with Crippen LogP contribution in [0.3, 0.4) is 0 Å². The standard InChI is InChI=1S/C19H23F2N3O4/c1-3-23-9-13(19(26)27)18(25)12-7-14(20)17(15(21)16(12)23)24-4-5-28-11(8-24)6-10(2)22/h7,9-11H,3-6,8,22H2,1-2H3,(H,26,27). The molecule has 28 heavy (non-hydrogen) atoms. The smallest absolute Gasteiger partial charge is 0.341 e. The van der Waals surface area contributed by atoms with Gasteiger partial charge in [0.15, 0.2) is 5.82 Å². The van der Waals surface area contributed by atoms with Crippen molar-refractivity contribution >= 4 is 22.6 Å². The lowest BCUT2D eigenvalue weighted by Gasteiger charge is -2.35. The highest BCUT2D eigenvalue weighted by Crippen LogP contribution is 2.31. The molecule has 2 unspecified atom stereocenters. The minimum absolute atomic E-state index is 0.107. The fourth-order valence-electron chi connectivity index (χ4n) is 3.65. The molecule has 0 aliphatic carbocycles. The molecule has 1 aliphatic heterocycles. The molecule has 3 N–H and O–H groups in total. The molecule has 1 aliphatic rings. The molecule has 0 radical (unpaired) electrons.